The lowest BCUT2D eigenvalue weighted by Crippen LogP contribution is -2.14. The number of rotatable bonds is 7. The van der Waals surface area contributed by atoms with E-state index in [2.05, 4.69) is 26.3 Å². The number of nitro groups is 2. The molecule has 138 valence electrons. The number of nitro benzene ring substituents is 1. The predicted molar refractivity (Wildman–Crippen MR) is 85.5 cm³/mol. The van der Waals surface area contributed by atoms with Crippen LogP contribution in [-0.4, -0.2) is 39.0 Å². The number of nitrogens with one attached hydrogen (secondary N) is 2. The van der Waals surface area contributed by atoms with Crippen molar-refractivity contribution in [3.63, 3.8) is 0 Å². The van der Waals surface area contributed by atoms with Crippen molar-refractivity contribution in [3.8, 4) is 5.75 Å². The van der Waals surface area contributed by atoms with Crippen LogP contribution in [0.4, 0.5) is 26.0 Å². The number of carbonyl (C=O) groups is 1. The Morgan fingerprint density at radius 2 is 2.00 bits per heavy atom. The Labute approximate surface area is 150 Å². The van der Waals surface area contributed by atoms with Gasteiger partial charge in [-0.15, -0.1) is 5.10 Å². The zero-order chi connectivity index (χ0) is 19.4. The number of H-pyrrole nitrogens is 1. The van der Waals surface area contributed by atoms with E-state index in [9.17, 15) is 33.8 Å². The van der Waals surface area contributed by atoms with Crippen LogP contribution in [0.1, 0.15) is 10.5 Å². The van der Waals surface area contributed by atoms with E-state index in [4.69, 9.17) is 4.74 Å². The number of non-ortho nitro benzene ring substituents is 1. The molecule has 0 saturated heterocycles. The molecule has 1 aromatic heterocycles. The smallest absolute Gasteiger partial charge is 0.357 e. The molecule has 0 aliphatic carbocycles. The third kappa shape index (κ3) is 4.47. The molecule has 1 heterocycles. The molecule has 0 saturated carbocycles. The second-order valence-electron chi connectivity index (χ2n) is 4.62. The fourth-order valence-electron chi connectivity index (χ4n) is 1.78. The summed E-state index contributed by atoms with van der Waals surface area (Å²) < 4.78 is 28.9. The Hall–Kier alpha value is -3.16. The number of hydrogen-bond donors (Lipinski definition) is 2. The number of aromatic nitrogens is 2. The molecule has 0 aliphatic heterocycles. The van der Waals surface area contributed by atoms with Crippen LogP contribution in [-0.2, 0) is 0 Å². The second kappa shape index (κ2) is 7.81. The first-order valence-electron chi connectivity index (χ1n) is 6.59. The normalized spacial score (nSPS) is 10.6. The van der Waals surface area contributed by atoms with E-state index in [0.29, 0.717) is 0 Å². The van der Waals surface area contributed by atoms with Gasteiger partial charge in [0.1, 0.15) is 16.8 Å². The number of aromatic amines is 1. The summed E-state index contributed by atoms with van der Waals surface area (Å²) in [7, 11) is 0. The fourth-order valence-corrected chi connectivity index (χ4v) is 2.29. The molecular formula is C12H8BrF2N5O6. The van der Waals surface area contributed by atoms with E-state index in [0.717, 1.165) is 18.2 Å². The molecule has 0 radical (unpaired) electrons. The Kier molecular flexibility index (Phi) is 5.76. The first kappa shape index (κ1) is 19.2. The van der Waals surface area contributed by atoms with Gasteiger partial charge in [0.05, 0.1) is 16.7 Å². The van der Waals surface area contributed by atoms with E-state index >= 15 is 0 Å². The summed E-state index contributed by atoms with van der Waals surface area (Å²) in [5.41, 5.74) is -1.04. The summed E-state index contributed by atoms with van der Waals surface area (Å²) in [4.78, 5) is 32.2. The maximum Gasteiger partial charge on any atom is 0.357 e. The molecule has 14 heteroatoms. The number of nitrogens with zero attached hydrogens (tertiary/aromatic N) is 3. The molecule has 11 nitrogen and oxygen atoms in total. The van der Waals surface area contributed by atoms with Gasteiger partial charge in [0, 0.05) is 12.1 Å². The minimum Gasteiger partial charge on any atom is -0.487 e. The average molecular weight is 436 g/mol. The summed E-state index contributed by atoms with van der Waals surface area (Å²) in [5, 5.41) is 29.4. The molecule has 0 bridgehead atoms. The van der Waals surface area contributed by atoms with Gasteiger partial charge in [0.25, 0.3) is 18.0 Å². The van der Waals surface area contributed by atoms with Gasteiger partial charge in [-0.05, 0) is 20.9 Å². The summed E-state index contributed by atoms with van der Waals surface area (Å²) in [6.07, 6.45) is -2.80. The molecule has 2 aromatic rings. The summed E-state index contributed by atoms with van der Waals surface area (Å²) >= 11 is 2.85. The van der Waals surface area contributed by atoms with Gasteiger partial charge in [-0.2, -0.15) is 0 Å². The Bertz CT molecular complexity index is 874. The predicted octanol–water partition coefficient (Wildman–Crippen LogP) is 2.88. The molecule has 2 rings (SSSR count). The summed E-state index contributed by atoms with van der Waals surface area (Å²) in [6, 6.07) is 2.96. The SMILES string of the molecule is O=C(Nc1cc(OCC(F)F)cc([N+](=O)[O-])c1)c1n[nH]c([N+](=O)[O-])c1Br. The number of benzene rings is 1. The highest BCUT2D eigenvalue weighted by atomic mass is 79.9. The Morgan fingerprint density at radius 1 is 1.31 bits per heavy atom. The minimum atomic E-state index is -2.80. The lowest BCUT2D eigenvalue weighted by Gasteiger charge is -2.08. The number of anilines is 1. The van der Waals surface area contributed by atoms with Crippen LogP contribution in [0.15, 0.2) is 22.7 Å². The zero-order valence-electron chi connectivity index (χ0n) is 12.4. The Morgan fingerprint density at radius 3 is 2.54 bits per heavy atom. The molecule has 0 fully saturated rings. The summed E-state index contributed by atoms with van der Waals surface area (Å²) in [6.45, 7) is -0.994. The highest BCUT2D eigenvalue weighted by Crippen LogP contribution is 2.29. The Balaban J connectivity index is 2.28. The first-order chi connectivity index (χ1) is 12.2. The van der Waals surface area contributed by atoms with Gasteiger partial charge in [0.15, 0.2) is 5.69 Å². The van der Waals surface area contributed by atoms with Gasteiger partial charge in [-0.1, -0.05) is 5.10 Å². The molecule has 0 atom stereocenters. The maximum atomic E-state index is 12.2. The number of amides is 1. The fraction of sp³-hybridized carbons (Fsp3) is 0.167. The van der Waals surface area contributed by atoms with Crippen molar-refractivity contribution in [1.82, 2.24) is 10.2 Å². The van der Waals surface area contributed by atoms with Gasteiger partial charge < -0.3 is 20.2 Å². The molecular weight excluding hydrogens is 428 g/mol. The largest absolute Gasteiger partial charge is 0.487 e. The zero-order valence-corrected chi connectivity index (χ0v) is 14.0. The summed E-state index contributed by atoms with van der Waals surface area (Å²) in [5.74, 6) is -1.75. The lowest BCUT2D eigenvalue weighted by atomic mass is 10.2. The monoisotopic (exact) mass is 435 g/mol. The van der Waals surface area contributed by atoms with Crippen molar-refractivity contribution in [1.29, 1.82) is 0 Å². The van der Waals surface area contributed by atoms with Crippen molar-refractivity contribution in [3.05, 3.63) is 48.6 Å². The van der Waals surface area contributed by atoms with Crippen LogP contribution in [0, 0.1) is 20.2 Å². The molecule has 0 spiro atoms. The number of ether oxygens (including phenoxy) is 1. The molecule has 1 amide bonds. The van der Waals surface area contributed by atoms with E-state index in [1.165, 1.54) is 0 Å². The van der Waals surface area contributed by atoms with Crippen molar-refractivity contribution < 1.29 is 28.2 Å². The van der Waals surface area contributed by atoms with E-state index in [1.54, 1.807) is 0 Å². The second-order valence-corrected chi connectivity index (χ2v) is 5.41. The van der Waals surface area contributed by atoms with Crippen LogP contribution in [0.3, 0.4) is 0 Å². The highest BCUT2D eigenvalue weighted by Gasteiger charge is 2.25. The quantitative estimate of drug-likeness (QED) is 0.500. The topological polar surface area (TPSA) is 153 Å². The molecule has 0 aliphatic rings. The maximum absolute atomic E-state index is 12.2. The first-order valence-corrected chi connectivity index (χ1v) is 7.38. The van der Waals surface area contributed by atoms with E-state index in [-0.39, 0.29) is 21.6 Å². The van der Waals surface area contributed by atoms with Crippen LogP contribution >= 0.6 is 15.9 Å². The molecule has 26 heavy (non-hydrogen) atoms. The van der Waals surface area contributed by atoms with Gasteiger partial charge in [-0.3, -0.25) is 14.9 Å². The van der Waals surface area contributed by atoms with Crippen LogP contribution in [0.25, 0.3) is 0 Å². The van der Waals surface area contributed by atoms with Crippen molar-refractivity contribution in [2.75, 3.05) is 11.9 Å². The van der Waals surface area contributed by atoms with E-state index in [1.807, 2.05) is 5.10 Å². The third-order valence-corrected chi connectivity index (χ3v) is 3.57. The van der Waals surface area contributed by atoms with Crippen LogP contribution in [0.2, 0.25) is 0 Å². The highest BCUT2D eigenvalue weighted by molar-refractivity contribution is 9.10. The van der Waals surface area contributed by atoms with Crippen molar-refractivity contribution >= 4 is 39.0 Å². The third-order valence-electron chi connectivity index (χ3n) is 2.82. The van der Waals surface area contributed by atoms with Crippen molar-refractivity contribution in [2.45, 2.75) is 6.43 Å². The number of alkyl halides is 2. The standard InChI is InChI=1S/C12H8BrF2N5O6/c13-9-10(17-18-11(9)20(24)25)12(21)16-5-1-6(19(22)23)3-7(2-5)26-4-8(14)15/h1-3,8H,4H2,(H,16,21)(H,17,18). The number of carbonyl (C=O) groups excluding carboxylic acids is 1. The average Bonchev–Trinajstić information content (AvgIpc) is 2.94. The van der Waals surface area contributed by atoms with Crippen molar-refractivity contribution in [2.24, 2.45) is 0 Å². The van der Waals surface area contributed by atoms with Gasteiger partial charge >= 0.3 is 5.82 Å². The van der Waals surface area contributed by atoms with Crippen LogP contribution in [0.5, 0.6) is 5.75 Å². The van der Waals surface area contributed by atoms with Gasteiger partial charge in [-0.25, -0.2) is 8.78 Å². The molecule has 2 N–H and O–H groups in total. The molecule has 1 aromatic carbocycles. The van der Waals surface area contributed by atoms with Crippen LogP contribution < -0.4 is 10.1 Å². The van der Waals surface area contributed by atoms with E-state index < -0.39 is 40.3 Å². The number of hydrogen-bond acceptors (Lipinski definition) is 7. The van der Waals surface area contributed by atoms with Gasteiger partial charge in [0.2, 0.25) is 0 Å². The molecule has 0 unspecified atom stereocenters. The minimum absolute atomic E-state index is 0.147. The lowest BCUT2D eigenvalue weighted by molar-refractivity contribution is -0.390. The number of halogens is 3.